The molecule has 1 N–H and O–H groups in total. The Bertz CT molecular complexity index is 849. The molecule has 6 nitrogen and oxygen atoms in total. The van der Waals surface area contributed by atoms with Gasteiger partial charge < -0.3 is 14.6 Å². The van der Waals surface area contributed by atoms with Crippen molar-refractivity contribution in [3.05, 3.63) is 45.9 Å². The van der Waals surface area contributed by atoms with Crippen LogP contribution in [0.5, 0.6) is 5.75 Å². The van der Waals surface area contributed by atoms with Crippen molar-refractivity contribution < 1.29 is 14.1 Å². The van der Waals surface area contributed by atoms with Gasteiger partial charge in [0.15, 0.2) is 0 Å². The lowest BCUT2D eigenvalue weighted by Crippen LogP contribution is -2.13. The fraction of sp³-hybridized carbons (Fsp3) is 0.235. The normalized spacial score (nSPS) is 10.6. The van der Waals surface area contributed by atoms with E-state index in [0.29, 0.717) is 41.2 Å². The summed E-state index contributed by atoms with van der Waals surface area (Å²) in [5.41, 5.74) is 1.45. The maximum absolute atomic E-state index is 12.2. The van der Waals surface area contributed by atoms with Crippen molar-refractivity contribution in [1.29, 1.82) is 0 Å². The minimum absolute atomic E-state index is 0.182. The highest BCUT2D eigenvalue weighted by Crippen LogP contribution is 2.28. The molecule has 25 heavy (non-hydrogen) atoms. The van der Waals surface area contributed by atoms with Crippen LogP contribution in [0.25, 0.3) is 11.4 Å². The molecule has 2 aromatic heterocycles. The number of aromatic nitrogens is 2. The van der Waals surface area contributed by atoms with Gasteiger partial charge in [0, 0.05) is 28.8 Å². The van der Waals surface area contributed by atoms with Crippen LogP contribution < -0.4 is 10.1 Å². The Kier molecular flexibility index (Phi) is 5.67. The largest absolute Gasteiger partial charge is 0.492 e. The quantitative estimate of drug-likeness (QED) is 0.659. The number of anilines is 1. The van der Waals surface area contributed by atoms with Crippen molar-refractivity contribution in [2.24, 2.45) is 0 Å². The molecule has 0 aliphatic rings. The number of aryl methyl sites for hydroxylation is 1. The van der Waals surface area contributed by atoms with Crippen LogP contribution in [0.3, 0.4) is 0 Å². The molecule has 0 fully saturated rings. The third-order valence-electron chi connectivity index (χ3n) is 3.33. The molecule has 1 aromatic carbocycles. The first-order chi connectivity index (χ1) is 12.2. The predicted octanol–water partition coefficient (Wildman–Crippen LogP) is 4.42. The second kappa shape index (κ2) is 8.13. The van der Waals surface area contributed by atoms with E-state index in [1.54, 1.807) is 29.5 Å². The van der Waals surface area contributed by atoms with Crippen LogP contribution in [-0.2, 0) is 11.2 Å². The Balaban J connectivity index is 1.59. The highest BCUT2D eigenvalue weighted by atomic mass is 35.5. The van der Waals surface area contributed by atoms with E-state index in [-0.39, 0.29) is 12.3 Å². The average molecular weight is 378 g/mol. The Morgan fingerprint density at radius 3 is 3.04 bits per heavy atom. The smallest absolute Gasteiger partial charge is 0.227 e. The molecule has 130 valence electrons. The van der Waals surface area contributed by atoms with Gasteiger partial charge in [0.25, 0.3) is 0 Å². The Morgan fingerprint density at radius 1 is 1.40 bits per heavy atom. The number of halogens is 1. The zero-order valence-electron chi connectivity index (χ0n) is 13.5. The lowest BCUT2D eigenvalue weighted by atomic mass is 10.2. The van der Waals surface area contributed by atoms with E-state index in [1.807, 2.05) is 23.8 Å². The minimum atomic E-state index is -0.182. The lowest BCUT2D eigenvalue weighted by Gasteiger charge is -2.11. The molecule has 3 rings (SSSR count). The molecule has 8 heteroatoms. The summed E-state index contributed by atoms with van der Waals surface area (Å²) in [5.74, 6) is 1.36. The summed E-state index contributed by atoms with van der Waals surface area (Å²) in [6, 6.07) is 7.02. The topological polar surface area (TPSA) is 77.2 Å². The zero-order chi connectivity index (χ0) is 17.6. The Hall–Kier alpha value is -2.38. The van der Waals surface area contributed by atoms with Crippen molar-refractivity contribution in [1.82, 2.24) is 10.1 Å². The standard InChI is InChI=1S/C17H16ClN3O3S/c1-2-23-14-4-3-12(18)9-13(14)19-15(22)5-6-16-20-17(21-24-16)11-7-8-25-10-11/h3-4,7-10H,2,5-6H2,1H3,(H,19,22). The molecule has 0 radical (unpaired) electrons. The molecule has 0 unspecified atom stereocenters. The molecule has 0 spiro atoms. The maximum atomic E-state index is 12.2. The van der Waals surface area contributed by atoms with Crippen LogP contribution in [0.15, 0.2) is 39.5 Å². The molecule has 0 aliphatic heterocycles. The predicted molar refractivity (Wildman–Crippen MR) is 97.2 cm³/mol. The van der Waals surface area contributed by atoms with E-state index in [4.69, 9.17) is 20.9 Å². The van der Waals surface area contributed by atoms with Gasteiger partial charge in [-0.05, 0) is 36.6 Å². The minimum Gasteiger partial charge on any atom is -0.492 e. The summed E-state index contributed by atoms with van der Waals surface area (Å²) in [5, 5.41) is 11.1. The fourth-order valence-corrected chi connectivity index (χ4v) is 2.99. The van der Waals surface area contributed by atoms with Gasteiger partial charge in [-0.2, -0.15) is 16.3 Å². The second-order valence-electron chi connectivity index (χ2n) is 5.15. The summed E-state index contributed by atoms with van der Waals surface area (Å²) < 4.78 is 10.7. The summed E-state index contributed by atoms with van der Waals surface area (Å²) in [7, 11) is 0. The van der Waals surface area contributed by atoms with Crippen LogP contribution in [0.2, 0.25) is 5.02 Å². The van der Waals surface area contributed by atoms with Gasteiger partial charge in [-0.3, -0.25) is 4.79 Å². The van der Waals surface area contributed by atoms with Crippen molar-refractivity contribution in [3.63, 3.8) is 0 Å². The van der Waals surface area contributed by atoms with Gasteiger partial charge in [0.1, 0.15) is 5.75 Å². The molecule has 0 saturated heterocycles. The average Bonchev–Trinajstić information content (AvgIpc) is 3.26. The van der Waals surface area contributed by atoms with Crippen molar-refractivity contribution in [2.75, 3.05) is 11.9 Å². The summed E-state index contributed by atoms with van der Waals surface area (Å²) in [6.07, 6.45) is 0.566. The second-order valence-corrected chi connectivity index (χ2v) is 6.36. The molecule has 1 amide bonds. The molecular formula is C17H16ClN3O3S. The van der Waals surface area contributed by atoms with Gasteiger partial charge in [0.05, 0.1) is 12.3 Å². The van der Waals surface area contributed by atoms with E-state index in [0.717, 1.165) is 5.56 Å². The molecule has 0 saturated carbocycles. The highest BCUT2D eigenvalue weighted by Gasteiger charge is 2.13. The van der Waals surface area contributed by atoms with E-state index < -0.39 is 0 Å². The van der Waals surface area contributed by atoms with Crippen LogP contribution >= 0.6 is 22.9 Å². The highest BCUT2D eigenvalue weighted by molar-refractivity contribution is 7.08. The lowest BCUT2D eigenvalue weighted by molar-refractivity contribution is -0.116. The molecule has 0 bridgehead atoms. The first-order valence-electron chi connectivity index (χ1n) is 7.73. The maximum Gasteiger partial charge on any atom is 0.227 e. The number of nitrogens with zero attached hydrogens (tertiary/aromatic N) is 2. The van der Waals surface area contributed by atoms with Crippen molar-refractivity contribution in [2.45, 2.75) is 19.8 Å². The van der Waals surface area contributed by atoms with Crippen molar-refractivity contribution in [3.8, 4) is 17.1 Å². The number of amides is 1. The van der Waals surface area contributed by atoms with Crippen LogP contribution in [0.1, 0.15) is 19.2 Å². The zero-order valence-corrected chi connectivity index (χ0v) is 15.1. The third-order valence-corrected chi connectivity index (χ3v) is 4.25. The first kappa shape index (κ1) is 17.4. The third kappa shape index (κ3) is 4.58. The molecule has 0 atom stereocenters. The SMILES string of the molecule is CCOc1ccc(Cl)cc1NC(=O)CCc1nc(-c2ccsc2)no1. The van der Waals surface area contributed by atoms with E-state index in [1.165, 1.54) is 0 Å². The number of carbonyl (C=O) groups is 1. The fourth-order valence-electron chi connectivity index (χ4n) is 2.18. The molecule has 2 heterocycles. The van der Waals surface area contributed by atoms with Gasteiger partial charge in [0.2, 0.25) is 17.6 Å². The number of hydrogen-bond donors (Lipinski definition) is 1. The summed E-state index contributed by atoms with van der Waals surface area (Å²) in [6.45, 7) is 2.37. The van der Waals surface area contributed by atoms with Gasteiger partial charge in [-0.25, -0.2) is 0 Å². The number of rotatable bonds is 7. The molecule has 3 aromatic rings. The van der Waals surface area contributed by atoms with E-state index >= 15 is 0 Å². The Morgan fingerprint density at radius 2 is 2.28 bits per heavy atom. The van der Waals surface area contributed by atoms with Gasteiger partial charge >= 0.3 is 0 Å². The van der Waals surface area contributed by atoms with Crippen LogP contribution in [0, 0.1) is 0 Å². The molecule has 0 aliphatic carbocycles. The van der Waals surface area contributed by atoms with Crippen LogP contribution in [-0.4, -0.2) is 22.7 Å². The number of thiophene rings is 1. The van der Waals surface area contributed by atoms with Gasteiger partial charge in [-0.15, -0.1) is 0 Å². The monoisotopic (exact) mass is 377 g/mol. The first-order valence-corrected chi connectivity index (χ1v) is 9.05. The summed E-state index contributed by atoms with van der Waals surface area (Å²) >= 11 is 7.55. The number of hydrogen-bond acceptors (Lipinski definition) is 6. The van der Waals surface area contributed by atoms with Crippen LogP contribution in [0.4, 0.5) is 5.69 Å². The summed E-state index contributed by atoms with van der Waals surface area (Å²) in [4.78, 5) is 16.5. The van der Waals surface area contributed by atoms with Crippen molar-refractivity contribution >= 4 is 34.5 Å². The van der Waals surface area contributed by atoms with Gasteiger partial charge in [-0.1, -0.05) is 16.8 Å². The number of carbonyl (C=O) groups excluding carboxylic acids is 1. The number of nitrogens with one attached hydrogen (secondary N) is 1. The number of benzene rings is 1. The number of ether oxygens (including phenoxy) is 1. The molecular weight excluding hydrogens is 362 g/mol. The Labute approximate surface area is 153 Å². The van der Waals surface area contributed by atoms with E-state index in [9.17, 15) is 4.79 Å². The van der Waals surface area contributed by atoms with E-state index in [2.05, 4.69) is 15.5 Å².